The van der Waals surface area contributed by atoms with Gasteiger partial charge in [-0.05, 0) is 19.9 Å². The lowest BCUT2D eigenvalue weighted by Crippen LogP contribution is -2.50. The van der Waals surface area contributed by atoms with Crippen LogP contribution in [-0.2, 0) is 6.61 Å². The van der Waals surface area contributed by atoms with Crippen LogP contribution in [0.3, 0.4) is 0 Å². The molecule has 0 saturated carbocycles. The molecule has 0 amide bonds. The van der Waals surface area contributed by atoms with Crippen molar-refractivity contribution in [2.75, 3.05) is 37.6 Å². The van der Waals surface area contributed by atoms with E-state index >= 15 is 0 Å². The van der Waals surface area contributed by atoms with Crippen LogP contribution < -0.4 is 4.90 Å². The monoisotopic (exact) mass is 298 g/mol. The molecule has 0 aliphatic carbocycles. The van der Waals surface area contributed by atoms with Gasteiger partial charge in [-0.1, -0.05) is 23.7 Å². The molecule has 0 aromatic heterocycles. The number of anilines is 1. The molecular formula is C15H23ClN2O2. The Labute approximate surface area is 125 Å². The van der Waals surface area contributed by atoms with E-state index in [2.05, 4.69) is 9.80 Å². The van der Waals surface area contributed by atoms with Gasteiger partial charge in [0.05, 0.1) is 22.9 Å². The minimum atomic E-state index is -0.664. The Morgan fingerprint density at radius 1 is 1.20 bits per heavy atom. The fourth-order valence-electron chi connectivity index (χ4n) is 2.72. The van der Waals surface area contributed by atoms with Crippen LogP contribution in [0.15, 0.2) is 18.2 Å². The zero-order valence-electron chi connectivity index (χ0n) is 12.1. The fourth-order valence-corrected chi connectivity index (χ4v) is 3.03. The first-order valence-corrected chi connectivity index (χ1v) is 7.36. The summed E-state index contributed by atoms with van der Waals surface area (Å²) in [6.45, 7) is 7.82. The second-order valence-electron chi connectivity index (χ2n) is 5.98. The summed E-state index contributed by atoms with van der Waals surface area (Å²) in [6, 6.07) is 5.63. The van der Waals surface area contributed by atoms with Crippen molar-refractivity contribution in [2.45, 2.75) is 26.1 Å². The van der Waals surface area contributed by atoms with Crippen molar-refractivity contribution in [3.05, 3.63) is 28.8 Å². The van der Waals surface area contributed by atoms with Crippen LogP contribution in [0.1, 0.15) is 19.4 Å². The average Bonchev–Trinajstić information content (AvgIpc) is 2.38. The third kappa shape index (κ3) is 3.85. The Morgan fingerprint density at radius 2 is 1.85 bits per heavy atom. The van der Waals surface area contributed by atoms with E-state index in [1.807, 2.05) is 32.0 Å². The van der Waals surface area contributed by atoms with E-state index in [1.165, 1.54) is 0 Å². The number of hydrogen-bond acceptors (Lipinski definition) is 4. The van der Waals surface area contributed by atoms with Gasteiger partial charge < -0.3 is 15.1 Å². The molecule has 0 spiro atoms. The van der Waals surface area contributed by atoms with Crippen LogP contribution >= 0.6 is 11.6 Å². The lowest BCUT2D eigenvalue weighted by Gasteiger charge is -2.39. The van der Waals surface area contributed by atoms with Crippen LogP contribution in [-0.4, -0.2) is 53.4 Å². The Morgan fingerprint density at radius 3 is 2.40 bits per heavy atom. The first kappa shape index (κ1) is 15.6. The SMILES string of the molecule is CC(C)(O)CN1CCN(c2c(Cl)cccc2CO)CC1. The fraction of sp³-hybridized carbons (Fsp3) is 0.600. The summed E-state index contributed by atoms with van der Waals surface area (Å²) in [7, 11) is 0. The summed E-state index contributed by atoms with van der Waals surface area (Å²) in [5.74, 6) is 0. The van der Waals surface area contributed by atoms with E-state index in [1.54, 1.807) is 0 Å². The van der Waals surface area contributed by atoms with Crippen molar-refractivity contribution in [1.82, 2.24) is 4.90 Å². The van der Waals surface area contributed by atoms with Crippen LogP contribution in [0.2, 0.25) is 5.02 Å². The molecule has 2 N–H and O–H groups in total. The first-order valence-electron chi connectivity index (χ1n) is 6.98. The van der Waals surface area contributed by atoms with E-state index in [4.69, 9.17) is 11.6 Å². The quantitative estimate of drug-likeness (QED) is 0.889. The molecule has 1 aromatic carbocycles. The second kappa shape index (κ2) is 6.31. The highest BCUT2D eigenvalue weighted by atomic mass is 35.5. The normalized spacial score (nSPS) is 17.6. The first-order chi connectivity index (χ1) is 9.40. The molecule has 1 fully saturated rings. The number of rotatable bonds is 4. The van der Waals surface area contributed by atoms with E-state index in [-0.39, 0.29) is 6.61 Å². The summed E-state index contributed by atoms with van der Waals surface area (Å²) < 4.78 is 0. The zero-order chi connectivity index (χ0) is 14.8. The predicted octanol–water partition coefficient (Wildman–Crippen LogP) is 1.73. The van der Waals surface area contributed by atoms with E-state index < -0.39 is 5.60 Å². The predicted molar refractivity (Wildman–Crippen MR) is 82.3 cm³/mol. The lowest BCUT2D eigenvalue weighted by atomic mass is 10.1. The number of benzene rings is 1. The highest BCUT2D eigenvalue weighted by Crippen LogP contribution is 2.30. The van der Waals surface area contributed by atoms with E-state index in [0.717, 1.165) is 37.4 Å². The van der Waals surface area contributed by atoms with Crippen molar-refractivity contribution in [3.63, 3.8) is 0 Å². The Hall–Kier alpha value is -0.810. The molecule has 1 heterocycles. The molecule has 20 heavy (non-hydrogen) atoms. The van der Waals surface area contributed by atoms with Gasteiger partial charge in [-0.15, -0.1) is 0 Å². The molecule has 0 unspecified atom stereocenters. The summed E-state index contributed by atoms with van der Waals surface area (Å²) in [5, 5.41) is 20.0. The maximum absolute atomic E-state index is 9.87. The summed E-state index contributed by atoms with van der Waals surface area (Å²) in [5.41, 5.74) is 1.15. The molecule has 1 aromatic rings. The van der Waals surface area contributed by atoms with Crippen LogP contribution in [0.4, 0.5) is 5.69 Å². The molecule has 2 rings (SSSR count). The standard InChI is InChI=1S/C15H23ClN2O2/c1-15(2,20)11-17-6-8-18(9-7-17)14-12(10-19)4-3-5-13(14)16/h3-5,19-20H,6-11H2,1-2H3. The number of halogens is 1. The third-order valence-electron chi connectivity index (χ3n) is 3.54. The van der Waals surface area contributed by atoms with Crippen LogP contribution in [0.25, 0.3) is 0 Å². The summed E-state index contributed by atoms with van der Waals surface area (Å²) in [4.78, 5) is 4.47. The molecule has 5 heteroatoms. The van der Waals surface area contributed by atoms with Gasteiger partial charge in [-0.25, -0.2) is 0 Å². The topological polar surface area (TPSA) is 46.9 Å². The lowest BCUT2D eigenvalue weighted by molar-refractivity contribution is 0.0345. The number of piperazine rings is 1. The largest absolute Gasteiger partial charge is 0.392 e. The zero-order valence-corrected chi connectivity index (χ0v) is 12.9. The Bertz CT molecular complexity index is 452. The number of β-amino-alcohol motifs (C(OH)–C–C–N with tert-alkyl or cyclic N) is 1. The Balaban J connectivity index is 2.04. The maximum atomic E-state index is 9.87. The van der Waals surface area contributed by atoms with Gasteiger partial charge in [-0.2, -0.15) is 0 Å². The summed E-state index contributed by atoms with van der Waals surface area (Å²) >= 11 is 6.28. The molecule has 1 aliphatic heterocycles. The molecule has 112 valence electrons. The van der Waals surface area contributed by atoms with Gasteiger partial charge in [0.1, 0.15) is 0 Å². The van der Waals surface area contributed by atoms with Crippen molar-refractivity contribution < 1.29 is 10.2 Å². The highest BCUT2D eigenvalue weighted by Gasteiger charge is 2.24. The number of aliphatic hydroxyl groups is 2. The average molecular weight is 299 g/mol. The smallest absolute Gasteiger partial charge is 0.0718 e. The molecule has 0 radical (unpaired) electrons. The van der Waals surface area contributed by atoms with Crippen molar-refractivity contribution >= 4 is 17.3 Å². The molecule has 1 aliphatic rings. The van der Waals surface area contributed by atoms with Crippen molar-refractivity contribution in [2.24, 2.45) is 0 Å². The van der Waals surface area contributed by atoms with Gasteiger partial charge in [-0.3, -0.25) is 4.90 Å². The molecular weight excluding hydrogens is 276 g/mol. The molecule has 0 atom stereocenters. The third-order valence-corrected chi connectivity index (χ3v) is 3.84. The minimum Gasteiger partial charge on any atom is -0.392 e. The molecule has 1 saturated heterocycles. The number of para-hydroxylation sites is 1. The van der Waals surface area contributed by atoms with Gasteiger partial charge in [0.2, 0.25) is 0 Å². The van der Waals surface area contributed by atoms with E-state index in [0.29, 0.717) is 11.6 Å². The van der Waals surface area contributed by atoms with Gasteiger partial charge in [0.25, 0.3) is 0 Å². The highest BCUT2D eigenvalue weighted by molar-refractivity contribution is 6.33. The van der Waals surface area contributed by atoms with Gasteiger partial charge in [0.15, 0.2) is 0 Å². The molecule has 0 bridgehead atoms. The van der Waals surface area contributed by atoms with Crippen molar-refractivity contribution in [1.29, 1.82) is 0 Å². The maximum Gasteiger partial charge on any atom is 0.0718 e. The van der Waals surface area contributed by atoms with Gasteiger partial charge >= 0.3 is 0 Å². The Kier molecular flexibility index (Phi) is 4.91. The van der Waals surface area contributed by atoms with Gasteiger partial charge in [0, 0.05) is 38.3 Å². The van der Waals surface area contributed by atoms with E-state index in [9.17, 15) is 10.2 Å². The van der Waals surface area contributed by atoms with Crippen LogP contribution in [0, 0.1) is 0 Å². The summed E-state index contributed by atoms with van der Waals surface area (Å²) in [6.07, 6.45) is 0. The second-order valence-corrected chi connectivity index (χ2v) is 6.39. The van der Waals surface area contributed by atoms with Crippen molar-refractivity contribution in [3.8, 4) is 0 Å². The molecule has 4 nitrogen and oxygen atoms in total. The minimum absolute atomic E-state index is 0.000220. The number of nitrogens with zero attached hydrogens (tertiary/aromatic N) is 2. The van der Waals surface area contributed by atoms with Crippen LogP contribution in [0.5, 0.6) is 0 Å². The number of aliphatic hydroxyl groups excluding tert-OH is 1. The number of hydrogen-bond donors (Lipinski definition) is 2.